The lowest BCUT2D eigenvalue weighted by Crippen LogP contribution is -2.37. The zero-order chi connectivity index (χ0) is 24.9. The van der Waals surface area contributed by atoms with Crippen molar-refractivity contribution in [2.24, 2.45) is 10.2 Å². The third kappa shape index (κ3) is 5.67. The second-order valence-electron chi connectivity index (χ2n) is 8.17. The summed E-state index contributed by atoms with van der Waals surface area (Å²) in [6.45, 7) is 4.39. The van der Waals surface area contributed by atoms with Crippen molar-refractivity contribution in [2.45, 2.75) is 13.5 Å². The molecule has 0 amide bonds. The van der Waals surface area contributed by atoms with Crippen LogP contribution in [0.3, 0.4) is 0 Å². The summed E-state index contributed by atoms with van der Waals surface area (Å²) in [6.07, 6.45) is 4.47. The maximum absolute atomic E-state index is 14.2. The van der Waals surface area contributed by atoms with Gasteiger partial charge in [-0.2, -0.15) is 10.1 Å². The van der Waals surface area contributed by atoms with E-state index in [1.54, 1.807) is 12.5 Å². The number of furan rings is 1. The highest BCUT2D eigenvalue weighted by Gasteiger charge is 2.17. The molecule has 0 unspecified atom stereocenters. The van der Waals surface area contributed by atoms with Crippen LogP contribution in [0.15, 0.2) is 69.7 Å². The summed E-state index contributed by atoms with van der Waals surface area (Å²) >= 11 is 6.32. The molecule has 1 N–H and O–H groups in total. The average molecular weight is 508 g/mol. The van der Waals surface area contributed by atoms with Crippen LogP contribution in [0.1, 0.15) is 11.3 Å². The number of nitrogens with one attached hydrogen (secondary N) is 1. The van der Waals surface area contributed by atoms with Gasteiger partial charge in [0, 0.05) is 29.4 Å². The van der Waals surface area contributed by atoms with E-state index in [4.69, 9.17) is 20.8 Å². The maximum Gasteiger partial charge on any atom is 0.270 e. The molecule has 0 bridgehead atoms. The van der Waals surface area contributed by atoms with Crippen molar-refractivity contribution in [1.29, 1.82) is 0 Å². The van der Waals surface area contributed by atoms with Gasteiger partial charge in [-0.05, 0) is 48.9 Å². The van der Waals surface area contributed by atoms with E-state index < -0.39 is 5.82 Å². The van der Waals surface area contributed by atoms with E-state index in [1.807, 2.05) is 48.2 Å². The Hall–Kier alpha value is -3.89. The normalized spacial score (nSPS) is 13.9. The predicted molar refractivity (Wildman–Crippen MR) is 135 cm³/mol. The zero-order valence-electron chi connectivity index (χ0n) is 19.5. The first-order valence-electron chi connectivity index (χ1n) is 11.3. The second-order valence-corrected chi connectivity index (χ2v) is 8.60. The van der Waals surface area contributed by atoms with Crippen LogP contribution in [0.25, 0.3) is 11.3 Å². The number of azo groups is 1. The van der Waals surface area contributed by atoms with Crippen LogP contribution < -0.4 is 10.2 Å². The average Bonchev–Trinajstić information content (AvgIpc) is 3.32. The van der Waals surface area contributed by atoms with Gasteiger partial charge < -0.3 is 19.4 Å². The lowest BCUT2D eigenvalue weighted by atomic mass is 10.1. The predicted octanol–water partition coefficient (Wildman–Crippen LogP) is 6.10. The fourth-order valence-electron chi connectivity index (χ4n) is 3.79. The minimum atomic E-state index is -0.494. The van der Waals surface area contributed by atoms with E-state index in [1.165, 1.54) is 0 Å². The Morgan fingerprint density at radius 3 is 2.69 bits per heavy atom. The molecule has 0 aliphatic carbocycles. The molecule has 1 aliphatic heterocycles. The van der Waals surface area contributed by atoms with E-state index in [0.29, 0.717) is 37.0 Å². The molecule has 1 aromatic carbocycles. The summed E-state index contributed by atoms with van der Waals surface area (Å²) in [6, 6.07) is 11.3. The number of nitrogens with zero attached hydrogens (tertiary/aromatic N) is 6. The molecular weight excluding hydrogens is 485 g/mol. The van der Waals surface area contributed by atoms with E-state index in [-0.39, 0.29) is 18.3 Å². The number of rotatable bonds is 7. The molecule has 4 heterocycles. The SMILES string of the molecule is Cc1ccoc1-c1cc(Cl)cc(Nc2ccc(CN=Nc3ncc(F)c(N4CCOCC4)n3)nc2)c1. The Kier molecular flexibility index (Phi) is 7.15. The van der Waals surface area contributed by atoms with Crippen molar-refractivity contribution < 1.29 is 13.5 Å². The van der Waals surface area contributed by atoms with Gasteiger partial charge in [0.1, 0.15) is 12.3 Å². The van der Waals surface area contributed by atoms with Crippen molar-refractivity contribution in [1.82, 2.24) is 15.0 Å². The molecule has 4 aromatic rings. The topological polar surface area (TPSA) is 101 Å². The second kappa shape index (κ2) is 10.8. The number of hydrogen-bond acceptors (Lipinski definition) is 9. The molecule has 0 radical (unpaired) electrons. The summed E-state index contributed by atoms with van der Waals surface area (Å²) in [5, 5.41) is 12.1. The number of ether oxygens (including phenoxy) is 1. The highest BCUT2D eigenvalue weighted by atomic mass is 35.5. The van der Waals surface area contributed by atoms with Gasteiger partial charge in [-0.25, -0.2) is 9.37 Å². The smallest absolute Gasteiger partial charge is 0.270 e. The molecule has 1 aliphatic rings. The van der Waals surface area contributed by atoms with Crippen molar-refractivity contribution in [3.63, 3.8) is 0 Å². The van der Waals surface area contributed by atoms with Gasteiger partial charge in [-0.1, -0.05) is 11.6 Å². The standard InChI is InChI=1S/C25H23ClFN7O2/c1-16-4-7-36-23(16)17-10-18(26)12-21(11-17)31-20-3-2-19(28-13-20)14-30-33-25-29-15-22(27)24(32-25)34-5-8-35-9-6-34/h2-4,7,10-13,15,31H,5-6,8-9,14H2,1H3. The first-order chi connectivity index (χ1) is 17.5. The summed E-state index contributed by atoms with van der Waals surface area (Å²) in [7, 11) is 0. The Morgan fingerprint density at radius 1 is 1.08 bits per heavy atom. The lowest BCUT2D eigenvalue weighted by molar-refractivity contribution is 0.122. The Bertz CT molecular complexity index is 1370. The van der Waals surface area contributed by atoms with Gasteiger partial charge >= 0.3 is 0 Å². The molecule has 3 aromatic heterocycles. The molecule has 11 heteroatoms. The summed E-state index contributed by atoms with van der Waals surface area (Å²) < 4.78 is 25.1. The third-order valence-corrected chi connectivity index (χ3v) is 5.77. The maximum atomic E-state index is 14.2. The van der Waals surface area contributed by atoms with Crippen molar-refractivity contribution >= 4 is 34.7 Å². The molecule has 0 saturated carbocycles. The molecule has 184 valence electrons. The fourth-order valence-corrected chi connectivity index (χ4v) is 4.02. The minimum Gasteiger partial charge on any atom is -0.464 e. The van der Waals surface area contributed by atoms with Gasteiger partial charge in [0.25, 0.3) is 5.95 Å². The first-order valence-corrected chi connectivity index (χ1v) is 11.7. The van der Waals surface area contributed by atoms with E-state index in [0.717, 1.165) is 34.5 Å². The monoisotopic (exact) mass is 507 g/mol. The molecule has 1 fully saturated rings. The van der Waals surface area contributed by atoms with Gasteiger partial charge in [0.2, 0.25) is 0 Å². The largest absolute Gasteiger partial charge is 0.464 e. The van der Waals surface area contributed by atoms with Crippen LogP contribution in [0.4, 0.5) is 27.5 Å². The number of aryl methyl sites for hydroxylation is 1. The quantitative estimate of drug-likeness (QED) is 0.302. The minimum absolute atomic E-state index is 0.0970. The van der Waals surface area contributed by atoms with Crippen molar-refractivity contribution in [3.05, 3.63) is 77.2 Å². The van der Waals surface area contributed by atoms with Crippen LogP contribution in [-0.2, 0) is 11.3 Å². The number of pyridine rings is 1. The Labute approximate surface area is 212 Å². The molecule has 0 atom stereocenters. The Balaban J connectivity index is 1.23. The number of morpholine rings is 1. The molecule has 5 rings (SSSR count). The van der Waals surface area contributed by atoms with Gasteiger partial charge in [-0.3, -0.25) is 4.98 Å². The first kappa shape index (κ1) is 23.8. The number of benzene rings is 1. The fraction of sp³-hybridized carbons (Fsp3) is 0.240. The number of hydrogen-bond donors (Lipinski definition) is 1. The highest BCUT2D eigenvalue weighted by molar-refractivity contribution is 6.31. The summed E-state index contributed by atoms with van der Waals surface area (Å²) in [5.74, 6) is 0.593. The molecule has 0 spiro atoms. The number of anilines is 3. The molecular formula is C25H23ClFN7O2. The van der Waals surface area contributed by atoms with E-state index >= 15 is 0 Å². The van der Waals surface area contributed by atoms with Gasteiger partial charge in [-0.15, -0.1) is 5.11 Å². The van der Waals surface area contributed by atoms with Crippen molar-refractivity contribution in [3.8, 4) is 11.3 Å². The van der Waals surface area contributed by atoms with E-state index in [9.17, 15) is 4.39 Å². The van der Waals surface area contributed by atoms with Crippen LogP contribution in [-0.4, -0.2) is 41.3 Å². The molecule has 9 nitrogen and oxygen atoms in total. The Morgan fingerprint density at radius 2 is 1.94 bits per heavy atom. The van der Waals surface area contributed by atoms with Gasteiger partial charge in [0.05, 0.1) is 43.3 Å². The molecule has 1 saturated heterocycles. The molecule has 36 heavy (non-hydrogen) atoms. The van der Waals surface area contributed by atoms with Crippen LogP contribution >= 0.6 is 11.6 Å². The van der Waals surface area contributed by atoms with Crippen LogP contribution in [0.2, 0.25) is 5.02 Å². The lowest BCUT2D eigenvalue weighted by Gasteiger charge is -2.27. The van der Waals surface area contributed by atoms with E-state index in [2.05, 4.69) is 30.5 Å². The van der Waals surface area contributed by atoms with Gasteiger partial charge in [0.15, 0.2) is 11.6 Å². The zero-order valence-corrected chi connectivity index (χ0v) is 20.2. The number of halogens is 2. The van der Waals surface area contributed by atoms with Crippen LogP contribution in [0.5, 0.6) is 0 Å². The summed E-state index contributed by atoms with van der Waals surface area (Å²) in [4.78, 5) is 14.4. The third-order valence-electron chi connectivity index (χ3n) is 5.55. The summed E-state index contributed by atoms with van der Waals surface area (Å²) in [5.41, 5.74) is 4.23. The van der Waals surface area contributed by atoms with Crippen molar-refractivity contribution in [2.75, 3.05) is 36.5 Å². The highest BCUT2D eigenvalue weighted by Crippen LogP contribution is 2.31. The van der Waals surface area contributed by atoms with Crippen LogP contribution in [0, 0.1) is 12.7 Å². The number of aromatic nitrogens is 3.